The van der Waals surface area contributed by atoms with Gasteiger partial charge in [-0.2, -0.15) is 0 Å². The zero-order valence-electron chi connectivity index (χ0n) is 10.9. The topological polar surface area (TPSA) is 89.3 Å². The largest absolute Gasteiger partial charge is 0.376 e. The lowest BCUT2D eigenvalue weighted by molar-refractivity contribution is 0.0724. The van der Waals surface area contributed by atoms with Crippen LogP contribution in [0.1, 0.15) is 30.6 Å². The van der Waals surface area contributed by atoms with Gasteiger partial charge in [-0.3, -0.25) is 4.79 Å². The number of hydrogen-bond acceptors (Lipinski definition) is 5. The number of hydrogen-bond donors (Lipinski definition) is 3. The smallest absolute Gasteiger partial charge is 0.254 e. The molecule has 1 aliphatic heterocycles. The summed E-state index contributed by atoms with van der Waals surface area (Å²) in [5.41, 5.74) is 1.52. The van der Waals surface area contributed by atoms with Crippen LogP contribution in [-0.4, -0.2) is 29.1 Å². The Morgan fingerprint density at radius 1 is 1.68 bits per heavy atom. The Labute approximate surface area is 110 Å². The number of nitrogens with one attached hydrogen (secondary N) is 2. The number of pyridine rings is 1. The molecule has 1 saturated heterocycles. The van der Waals surface area contributed by atoms with Crippen molar-refractivity contribution < 1.29 is 13.9 Å². The number of ether oxygens (including phenoxy) is 1. The first kappa shape index (κ1) is 13.7. The van der Waals surface area contributed by atoms with Crippen molar-refractivity contribution in [3.05, 3.63) is 23.6 Å². The van der Waals surface area contributed by atoms with Gasteiger partial charge >= 0.3 is 0 Å². The van der Waals surface area contributed by atoms with Crippen LogP contribution in [0.5, 0.6) is 0 Å². The first-order chi connectivity index (χ1) is 8.98. The number of hydrazine groups is 1. The van der Waals surface area contributed by atoms with Gasteiger partial charge in [-0.15, -0.1) is 0 Å². The molecule has 0 aromatic carbocycles. The fraction of sp³-hybridized carbons (Fsp3) is 0.500. The summed E-state index contributed by atoms with van der Waals surface area (Å²) in [4.78, 5) is 15.8. The number of carbonyl (C=O) groups excluding carboxylic acids is 1. The summed E-state index contributed by atoms with van der Waals surface area (Å²) in [6.07, 6.45) is 1.90. The standard InChI is InChI=1S/C12H17FN4O2/c1-7-12(2,4-6-19-7)16-11(18)8-3-5-15-10(17-14)9(8)13/h3,5,7H,4,6,14H2,1-2H3,(H,15,17)(H,16,18). The van der Waals surface area contributed by atoms with Crippen molar-refractivity contribution in [3.63, 3.8) is 0 Å². The van der Waals surface area contributed by atoms with Crippen molar-refractivity contribution >= 4 is 11.7 Å². The van der Waals surface area contributed by atoms with E-state index in [0.717, 1.165) is 0 Å². The van der Waals surface area contributed by atoms with Crippen molar-refractivity contribution in [1.29, 1.82) is 0 Å². The Bertz CT molecular complexity index is 497. The van der Waals surface area contributed by atoms with E-state index in [4.69, 9.17) is 10.6 Å². The lowest BCUT2D eigenvalue weighted by Gasteiger charge is -2.29. The first-order valence-electron chi connectivity index (χ1n) is 6.03. The number of halogens is 1. The van der Waals surface area contributed by atoms with Crippen molar-refractivity contribution in [2.24, 2.45) is 5.84 Å². The van der Waals surface area contributed by atoms with Gasteiger partial charge in [-0.05, 0) is 26.3 Å². The average Bonchev–Trinajstić information content (AvgIpc) is 2.69. The monoisotopic (exact) mass is 268 g/mol. The Morgan fingerprint density at radius 2 is 2.42 bits per heavy atom. The number of anilines is 1. The highest BCUT2D eigenvalue weighted by Crippen LogP contribution is 2.26. The van der Waals surface area contributed by atoms with E-state index >= 15 is 0 Å². The molecular weight excluding hydrogens is 251 g/mol. The summed E-state index contributed by atoms with van der Waals surface area (Å²) in [7, 11) is 0. The van der Waals surface area contributed by atoms with Gasteiger partial charge in [0, 0.05) is 12.8 Å². The van der Waals surface area contributed by atoms with Crippen molar-refractivity contribution in [1.82, 2.24) is 10.3 Å². The van der Waals surface area contributed by atoms with E-state index in [1.165, 1.54) is 12.3 Å². The summed E-state index contributed by atoms with van der Waals surface area (Å²) in [6.45, 7) is 4.33. The second-order valence-corrected chi connectivity index (χ2v) is 4.80. The van der Waals surface area contributed by atoms with Gasteiger partial charge in [0.15, 0.2) is 11.6 Å². The summed E-state index contributed by atoms with van der Waals surface area (Å²) in [6, 6.07) is 1.31. The van der Waals surface area contributed by atoms with Crippen LogP contribution in [0.2, 0.25) is 0 Å². The molecule has 1 aliphatic rings. The van der Waals surface area contributed by atoms with E-state index in [-0.39, 0.29) is 17.5 Å². The molecule has 0 bridgehead atoms. The molecule has 1 fully saturated rings. The summed E-state index contributed by atoms with van der Waals surface area (Å²) < 4.78 is 19.3. The zero-order valence-corrected chi connectivity index (χ0v) is 10.9. The molecule has 0 radical (unpaired) electrons. The van der Waals surface area contributed by atoms with Crippen LogP contribution < -0.4 is 16.6 Å². The second-order valence-electron chi connectivity index (χ2n) is 4.80. The Kier molecular flexibility index (Phi) is 3.68. The number of nitrogen functional groups attached to an aromatic ring is 1. The number of nitrogens with zero attached hydrogens (tertiary/aromatic N) is 1. The van der Waals surface area contributed by atoms with E-state index in [1.807, 2.05) is 13.8 Å². The lowest BCUT2D eigenvalue weighted by atomic mass is 9.94. The fourth-order valence-electron chi connectivity index (χ4n) is 2.05. The minimum Gasteiger partial charge on any atom is -0.376 e. The minimum absolute atomic E-state index is 0.0942. The summed E-state index contributed by atoms with van der Waals surface area (Å²) in [5, 5.41) is 2.81. The van der Waals surface area contributed by atoms with Crippen LogP contribution in [0.25, 0.3) is 0 Å². The van der Waals surface area contributed by atoms with Crippen LogP contribution in [0.3, 0.4) is 0 Å². The van der Waals surface area contributed by atoms with Gasteiger partial charge in [-0.25, -0.2) is 15.2 Å². The number of aromatic nitrogens is 1. The Balaban J connectivity index is 2.21. The molecule has 19 heavy (non-hydrogen) atoms. The molecule has 1 aromatic heterocycles. The third-order valence-electron chi connectivity index (χ3n) is 3.56. The number of rotatable bonds is 3. The van der Waals surface area contributed by atoms with E-state index in [0.29, 0.717) is 13.0 Å². The molecule has 2 heterocycles. The number of carbonyl (C=O) groups is 1. The maximum atomic E-state index is 13.9. The fourth-order valence-corrected chi connectivity index (χ4v) is 2.05. The van der Waals surface area contributed by atoms with E-state index in [9.17, 15) is 9.18 Å². The van der Waals surface area contributed by atoms with Crippen LogP contribution in [-0.2, 0) is 4.74 Å². The van der Waals surface area contributed by atoms with Crippen LogP contribution in [0.15, 0.2) is 12.3 Å². The molecule has 4 N–H and O–H groups in total. The molecular formula is C12H17FN4O2. The highest BCUT2D eigenvalue weighted by atomic mass is 19.1. The quantitative estimate of drug-likeness (QED) is 0.557. The van der Waals surface area contributed by atoms with Gasteiger partial charge in [0.2, 0.25) is 0 Å². The van der Waals surface area contributed by atoms with E-state index in [1.54, 1.807) is 0 Å². The molecule has 2 rings (SSSR count). The molecule has 104 valence electrons. The van der Waals surface area contributed by atoms with Crippen molar-refractivity contribution in [3.8, 4) is 0 Å². The third-order valence-corrected chi connectivity index (χ3v) is 3.56. The molecule has 0 spiro atoms. The third kappa shape index (κ3) is 2.52. The van der Waals surface area contributed by atoms with Crippen molar-refractivity contribution in [2.75, 3.05) is 12.0 Å². The normalized spacial score (nSPS) is 26.2. The van der Waals surface area contributed by atoms with E-state index in [2.05, 4.69) is 15.7 Å². The summed E-state index contributed by atoms with van der Waals surface area (Å²) >= 11 is 0. The van der Waals surface area contributed by atoms with Gasteiger partial charge in [0.1, 0.15) is 0 Å². The van der Waals surface area contributed by atoms with Gasteiger partial charge in [0.05, 0.1) is 17.2 Å². The van der Waals surface area contributed by atoms with Gasteiger partial charge in [0.25, 0.3) is 5.91 Å². The highest BCUT2D eigenvalue weighted by Gasteiger charge is 2.38. The number of nitrogens with two attached hydrogens (primary N) is 1. The first-order valence-corrected chi connectivity index (χ1v) is 6.03. The van der Waals surface area contributed by atoms with Gasteiger partial charge in [-0.1, -0.05) is 0 Å². The predicted octanol–water partition coefficient (Wildman–Crippen LogP) is 0.804. The van der Waals surface area contributed by atoms with Crippen LogP contribution >= 0.6 is 0 Å². The Morgan fingerprint density at radius 3 is 3.00 bits per heavy atom. The molecule has 7 heteroatoms. The minimum atomic E-state index is -0.766. The highest BCUT2D eigenvalue weighted by molar-refractivity contribution is 5.95. The van der Waals surface area contributed by atoms with Crippen molar-refractivity contribution in [2.45, 2.75) is 31.9 Å². The van der Waals surface area contributed by atoms with E-state index < -0.39 is 17.3 Å². The number of amides is 1. The molecule has 6 nitrogen and oxygen atoms in total. The molecule has 1 aromatic rings. The predicted molar refractivity (Wildman–Crippen MR) is 67.9 cm³/mol. The van der Waals surface area contributed by atoms with Gasteiger partial charge < -0.3 is 15.5 Å². The maximum absolute atomic E-state index is 13.9. The van der Waals surface area contributed by atoms with Crippen LogP contribution in [0.4, 0.5) is 10.2 Å². The second kappa shape index (κ2) is 5.10. The SMILES string of the molecule is CC1OCCC1(C)NC(=O)c1ccnc(NN)c1F. The molecule has 2 atom stereocenters. The Hall–Kier alpha value is -1.73. The maximum Gasteiger partial charge on any atom is 0.254 e. The molecule has 0 saturated carbocycles. The van der Waals surface area contributed by atoms with Crippen LogP contribution in [0, 0.1) is 5.82 Å². The molecule has 2 unspecified atom stereocenters. The molecule has 1 amide bonds. The summed E-state index contributed by atoms with van der Waals surface area (Å²) in [5.74, 6) is 3.70. The molecule has 0 aliphatic carbocycles. The average molecular weight is 268 g/mol. The zero-order chi connectivity index (χ0) is 14.0. The lowest BCUT2D eigenvalue weighted by Crippen LogP contribution is -2.50.